The summed E-state index contributed by atoms with van der Waals surface area (Å²) in [5, 5.41) is 12.1. The Morgan fingerprint density at radius 1 is 1.04 bits per heavy atom. The van der Waals surface area contributed by atoms with Crippen molar-refractivity contribution >= 4 is 33.6 Å². The van der Waals surface area contributed by atoms with Crippen LogP contribution < -0.4 is 19.5 Å². The van der Waals surface area contributed by atoms with E-state index in [0.717, 1.165) is 4.47 Å². The van der Waals surface area contributed by atoms with E-state index in [-0.39, 0.29) is 5.57 Å². The summed E-state index contributed by atoms with van der Waals surface area (Å²) in [4.78, 5) is 12.4. The van der Waals surface area contributed by atoms with Gasteiger partial charge in [-0.25, -0.2) is 0 Å². The highest BCUT2D eigenvalue weighted by Crippen LogP contribution is 2.35. The second-order valence-electron chi connectivity index (χ2n) is 5.08. The van der Waals surface area contributed by atoms with Crippen LogP contribution in [-0.4, -0.2) is 27.2 Å². The van der Waals surface area contributed by atoms with Gasteiger partial charge in [-0.3, -0.25) is 4.79 Å². The van der Waals surface area contributed by atoms with Gasteiger partial charge in [-0.1, -0.05) is 15.9 Å². The van der Waals surface area contributed by atoms with Crippen LogP contribution in [0.4, 0.5) is 5.69 Å². The molecule has 0 aliphatic heterocycles. The Morgan fingerprint density at radius 2 is 1.62 bits per heavy atom. The maximum atomic E-state index is 12.4. The first-order valence-corrected chi connectivity index (χ1v) is 8.30. The third kappa shape index (κ3) is 4.55. The van der Waals surface area contributed by atoms with Crippen molar-refractivity contribution in [3.63, 3.8) is 0 Å². The lowest BCUT2D eigenvalue weighted by Crippen LogP contribution is -2.13. The molecule has 2 aromatic carbocycles. The molecule has 0 bridgehead atoms. The van der Waals surface area contributed by atoms with Crippen LogP contribution in [0, 0.1) is 11.3 Å². The fourth-order valence-electron chi connectivity index (χ4n) is 2.20. The van der Waals surface area contributed by atoms with Crippen molar-refractivity contribution in [3.05, 3.63) is 52.0 Å². The number of benzene rings is 2. The molecule has 7 heteroatoms. The Labute approximate surface area is 160 Å². The van der Waals surface area contributed by atoms with Gasteiger partial charge in [0.05, 0.1) is 21.3 Å². The minimum absolute atomic E-state index is 0.0709. The molecule has 0 aromatic heterocycles. The standard InChI is InChI=1S/C19H17BrN2O4/c1-24-16-10-18(26-3)17(25-2)9-12(16)8-13(11-21)19(23)22-15-6-4-14(20)5-7-15/h4-10H,1-3H3,(H,22,23)/b13-8+. The predicted molar refractivity (Wildman–Crippen MR) is 102 cm³/mol. The van der Waals surface area contributed by atoms with Gasteiger partial charge in [-0.15, -0.1) is 0 Å². The Balaban J connectivity index is 2.36. The third-order valence-corrected chi connectivity index (χ3v) is 4.03. The molecule has 0 radical (unpaired) electrons. The smallest absolute Gasteiger partial charge is 0.266 e. The Bertz CT molecular complexity index is 870. The van der Waals surface area contributed by atoms with Crippen molar-refractivity contribution in [2.75, 3.05) is 26.6 Å². The van der Waals surface area contributed by atoms with E-state index < -0.39 is 5.91 Å². The van der Waals surface area contributed by atoms with Crippen molar-refractivity contribution in [1.29, 1.82) is 5.26 Å². The zero-order chi connectivity index (χ0) is 19.1. The number of ether oxygens (including phenoxy) is 3. The summed E-state index contributed by atoms with van der Waals surface area (Å²) in [5.41, 5.74) is 1.03. The van der Waals surface area contributed by atoms with E-state index in [1.807, 2.05) is 6.07 Å². The summed E-state index contributed by atoms with van der Waals surface area (Å²) in [6, 6.07) is 12.2. The minimum Gasteiger partial charge on any atom is -0.496 e. The van der Waals surface area contributed by atoms with Crippen LogP contribution in [0.2, 0.25) is 0 Å². The highest BCUT2D eigenvalue weighted by Gasteiger charge is 2.14. The van der Waals surface area contributed by atoms with Gasteiger partial charge in [-0.05, 0) is 36.4 Å². The first kappa shape index (κ1) is 19.3. The number of nitriles is 1. The molecule has 134 valence electrons. The highest BCUT2D eigenvalue weighted by molar-refractivity contribution is 9.10. The van der Waals surface area contributed by atoms with Gasteiger partial charge in [0.25, 0.3) is 5.91 Å². The molecular formula is C19H17BrN2O4. The molecule has 0 aliphatic rings. The van der Waals surface area contributed by atoms with E-state index >= 15 is 0 Å². The fourth-order valence-corrected chi connectivity index (χ4v) is 2.47. The van der Waals surface area contributed by atoms with E-state index in [0.29, 0.717) is 28.5 Å². The summed E-state index contributed by atoms with van der Waals surface area (Å²) in [6.45, 7) is 0. The van der Waals surface area contributed by atoms with Crippen molar-refractivity contribution in [2.45, 2.75) is 0 Å². The molecule has 6 nitrogen and oxygen atoms in total. The normalized spacial score (nSPS) is 10.7. The lowest BCUT2D eigenvalue weighted by atomic mass is 10.1. The summed E-state index contributed by atoms with van der Waals surface area (Å²) < 4.78 is 16.7. The average Bonchev–Trinajstić information content (AvgIpc) is 2.66. The molecule has 26 heavy (non-hydrogen) atoms. The monoisotopic (exact) mass is 416 g/mol. The second kappa shape index (κ2) is 8.92. The number of hydrogen-bond donors (Lipinski definition) is 1. The van der Waals surface area contributed by atoms with E-state index in [4.69, 9.17) is 14.2 Å². The Morgan fingerprint density at radius 3 is 2.15 bits per heavy atom. The maximum Gasteiger partial charge on any atom is 0.266 e. The maximum absolute atomic E-state index is 12.4. The van der Waals surface area contributed by atoms with E-state index in [2.05, 4.69) is 21.2 Å². The third-order valence-electron chi connectivity index (χ3n) is 3.50. The molecule has 0 unspecified atom stereocenters. The van der Waals surface area contributed by atoms with Crippen molar-refractivity contribution in [1.82, 2.24) is 0 Å². The van der Waals surface area contributed by atoms with Gasteiger partial charge in [0.2, 0.25) is 0 Å². The molecule has 2 rings (SSSR count). The molecule has 1 N–H and O–H groups in total. The zero-order valence-corrected chi connectivity index (χ0v) is 16.1. The number of carbonyl (C=O) groups excluding carboxylic acids is 1. The van der Waals surface area contributed by atoms with Crippen LogP contribution >= 0.6 is 15.9 Å². The van der Waals surface area contributed by atoms with Crippen LogP contribution in [0.3, 0.4) is 0 Å². The number of anilines is 1. The average molecular weight is 417 g/mol. The fraction of sp³-hybridized carbons (Fsp3) is 0.158. The molecule has 0 spiro atoms. The predicted octanol–water partition coefficient (Wildman–Crippen LogP) is 4.02. The van der Waals surface area contributed by atoms with Crippen LogP contribution in [0.1, 0.15) is 5.56 Å². The van der Waals surface area contributed by atoms with Crippen LogP contribution in [0.15, 0.2) is 46.4 Å². The zero-order valence-electron chi connectivity index (χ0n) is 14.5. The summed E-state index contributed by atoms with van der Waals surface area (Å²) >= 11 is 3.33. The molecule has 0 fully saturated rings. The molecule has 0 aliphatic carbocycles. The Kier molecular flexibility index (Phi) is 6.64. The number of hydrogen-bond acceptors (Lipinski definition) is 5. The largest absolute Gasteiger partial charge is 0.496 e. The summed E-state index contributed by atoms with van der Waals surface area (Å²) in [7, 11) is 4.51. The number of nitrogens with one attached hydrogen (secondary N) is 1. The van der Waals surface area contributed by atoms with Crippen molar-refractivity contribution < 1.29 is 19.0 Å². The number of carbonyl (C=O) groups is 1. The van der Waals surface area contributed by atoms with Crippen molar-refractivity contribution in [2.24, 2.45) is 0 Å². The van der Waals surface area contributed by atoms with Crippen LogP contribution in [0.5, 0.6) is 17.2 Å². The summed E-state index contributed by atoms with van der Waals surface area (Å²) in [5.74, 6) is 0.878. The van der Waals surface area contributed by atoms with Gasteiger partial charge in [0, 0.05) is 21.8 Å². The number of methoxy groups -OCH3 is 3. The van der Waals surface area contributed by atoms with Gasteiger partial charge in [0.15, 0.2) is 11.5 Å². The Hall–Kier alpha value is -2.98. The number of nitrogens with zero attached hydrogens (tertiary/aromatic N) is 1. The lowest BCUT2D eigenvalue weighted by molar-refractivity contribution is -0.112. The van der Waals surface area contributed by atoms with E-state index in [1.54, 1.807) is 36.4 Å². The first-order valence-electron chi connectivity index (χ1n) is 7.51. The van der Waals surface area contributed by atoms with Crippen molar-refractivity contribution in [3.8, 4) is 23.3 Å². The quantitative estimate of drug-likeness (QED) is 0.567. The van der Waals surface area contributed by atoms with E-state index in [9.17, 15) is 10.1 Å². The lowest BCUT2D eigenvalue weighted by Gasteiger charge is -2.12. The first-order chi connectivity index (χ1) is 12.5. The topological polar surface area (TPSA) is 80.6 Å². The van der Waals surface area contributed by atoms with Crippen LogP contribution in [0.25, 0.3) is 6.08 Å². The highest BCUT2D eigenvalue weighted by atomic mass is 79.9. The molecular weight excluding hydrogens is 400 g/mol. The van der Waals surface area contributed by atoms with Crippen LogP contribution in [-0.2, 0) is 4.79 Å². The number of rotatable bonds is 6. The van der Waals surface area contributed by atoms with Gasteiger partial charge in [-0.2, -0.15) is 5.26 Å². The molecule has 2 aromatic rings. The molecule has 0 atom stereocenters. The van der Waals surface area contributed by atoms with Gasteiger partial charge >= 0.3 is 0 Å². The number of halogens is 1. The molecule has 0 saturated carbocycles. The van der Waals surface area contributed by atoms with E-state index in [1.165, 1.54) is 27.4 Å². The molecule has 0 saturated heterocycles. The second-order valence-corrected chi connectivity index (χ2v) is 6.00. The van der Waals surface area contributed by atoms with Gasteiger partial charge in [0.1, 0.15) is 17.4 Å². The van der Waals surface area contributed by atoms with Gasteiger partial charge < -0.3 is 19.5 Å². The SMILES string of the molecule is COc1cc(OC)c(OC)cc1/C=C(\C#N)C(=O)Nc1ccc(Br)cc1. The minimum atomic E-state index is -0.522. The number of amides is 1. The molecule has 1 amide bonds. The molecule has 0 heterocycles. The summed E-state index contributed by atoms with van der Waals surface area (Å²) in [6.07, 6.45) is 1.44.